The van der Waals surface area contributed by atoms with Crippen LogP contribution in [0.5, 0.6) is 0 Å². The molecular weight excluding hydrogens is 161 g/mol. The molecule has 6 heteroatoms. The highest BCUT2D eigenvalue weighted by molar-refractivity contribution is 5.02. The van der Waals surface area contributed by atoms with Crippen LogP contribution in [0, 0.1) is 0 Å². The van der Waals surface area contributed by atoms with Crippen molar-refractivity contribution in [2.75, 3.05) is 13.1 Å². The summed E-state index contributed by atoms with van der Waals surface area (Å²) in [5.74, 6) is 0.190. The SMILES string of the molecule is Cn1nnc(C2(F)CCNC2)n1. The van der Waals surface area contributed by atoms with Gasteiger partial charge in [-0.15, -0.1) is 10.2 Å². The molecule has 1 saturated heterocycles. The Kier molecular flexibility index (Phi) is 1.57. The number of halogens is 1. The van der Waals surface area contributed by atoms with Crippen LogP contribution in [0.25, 0.3) is 0 Å². The zero-order valence-electron chi connectivity index (χ0n) is 6.79. The molecule has 66 valence electrons. The van der Waals surface area contributed by atoms with E-state index in [4.69, 9.17) is 0 Å². The van der Waals surface area contributed by atoms with Crippen molar-refractivity contribution in [3.05, 3.63) is 5.82 Å². The fourth-order valence-electron chi connectivity index (χ4n) is 1.32. The number of aryl methyl sites for hydroxylation is 1. The van der Waals surface area contributed by atoms with Crippen LogP contribution in [-0.2, 0) is 12.7 Å². The highest BCUT2D eigenvalue weighted by Gasteiger charge is 2.39. The molecule has 0 aliphatic carbocycles. The van der Waals surface area contributed by atoms with Crippen molar-refractivity contribution >= 4 is 0 Å². The van der Waals surface area contributed by atoms with Crippen LogP contribution in [0.4, 0.5) is 4.39 Å². The van der Waals surface area contributed by atoms with Gasteiger partial charge in [-0.25, -0.2) is 4.39 Å². The minimum absolute atomic E-state index is 0.190. The van der Waals surface area contributed by atoms with Crippen LogP contribution in [0.2, 0.25) is 0 Å². The van der Waals surface area contributed by atoms with E-state index in [1.54, 1.807) is 7.05 Å². The van der Waals surface area contributed by atoms with Crippen molar-refractivity contribution in [3.8, 4) is 0 Å². The third-order valence-electron chi connectivity index (χ3n) is 2.01. The number of hydrogen-bond acceptors (Lipinski definition) is 4. The Hall–Kier alpha value is -1.04. The molecule has 1 aromatic heterocycles. The molecule has 1 atom stereocenters. The van der Waals surface area contributed by atoms with E-state index in [0.717, 1.165) is 0 Å². The van der Waals surface area contributed by atoms with Gasteiger partial charge in [0.15, 0.2) is 5.67 Å². The van der Waals surface area contributed by atoms with Crippen LogP contribution in [0.3, 0.4) is 0 Å². The van der Waals surface area contributed by atoms with Crippen LogP contribution >= 0.6 is 0 Å². The molecule has 1 aliphatic heterocycles. The molecule has 1 unspecified atom stereocenters. The predicted octanol–water partition coefficient (Wildman–Crippen LogP) is -0.632. The van der Waals surface area contributed by atoms with Gasteiger partial charge in [-0.2, -0.15) is 4.80 Å². The molecule has 0 radical (unpaired) electrons. The Balaban J connectivity index is 2.28. The molecule has 1 aliphatic rings. The van der Waals surface area contributed by atoms with E-state index in [0.29, 0.717) is 19.5 Å². The number of nitrogens with zero attached hydrogens (tertiary/aromatic N) is 4. The second-order valence-electron chi connectivity index (χ2n) is 2.99. The number of alkyl halides is 1. The van der Waals surface area contributed by atoms with E-state index in [2.05, 4.69) is 20.7 Å². The van der Waals surface area contributed by atoms with E-state index in [1.165, 1.54) is 4.80 Å². The Morgan fingerprint density at radius 3 is 3.00 bits per heavy atom. The van der Waals surface area contributed by atoms with Crippen molar-refractivity contribution in [1.29, 1.82) is 0 Å². The smallest absolute Gasteiger partial charge is 0.213 e. The first-order valence-corrected chi connectivity index (χ1v) is 3.85. The highest BCUT2D eigenvalue weighted by Crippen LogP contribution is 2.28. The van der Waals surface area contributed by atoms with Crippen LogP contribution in [0.1, 0.15) is 12.2 Å². The third-order valence-corrected chi connectivity index (χ3v) is 2.01. The summed E-state index contributed by atoms with van der Waals surface area (Å²) in [5, 5.41) is 14.0. The first-order chi connectivity index (χ1) is 5.71. The summed E-state index contributed by atoms with van der Waals surface area (Å²) in [7, 11) is 1.63. The average molecular weight is 171 g/mol. The topological polar surface area (TPSA) is 55.6 Å². The third kappa shape index (κ3) is 1.08. The summed E-state index contributed by atoms with van der Waals surface area (Å²) >= 11 is 0. The number of hydrogen-bond donors (Lipinski definition) is 1. The van der Waals surface area contributed by atoms with E-state index in [-0.39, 0.29) is 5.82 Å². The molecule has 0 saturated carbocycles. The predicted molar refractivity (Wildman–Crippen MR) is 39.1 cm³/mol. The first-order valence-electron chi connectivity index (χ1n) is 3.85. The summed E-state index contributed by atoms with van der Waals surface area (Å²) in [6.45, 7) is 0.966. The molecule has 0 bridgehead atoms. The lowest BCUT2D eigenvalue weighted by Crippen LogP contribution is -2.25. The quantitative estimate of drug-likeness (QED) is 0.611. The number of rotatable bonds is 1. The van der Waals surface area contributed by atoms with Gasteiger partial charge in [0, 0.05) is 13.0 Å². The lowest BCUT2D eigenvalue weighted by atomic mass is 10.1. The van der Waals surface area contributed by atoms with Crippen molar-refractivity contribution in [2.45, 2.75) is 12.1 Å². The maximum absolute atomic E-state index is 13.8. The van der Waals surface area contributed by atoms with Crippen molar-refractivity contribution in [2.24, 2.45) is 7.05 Å². The van der Waals surface area contributed by atoms with Gasteiger partial charge in [0.05, 0.1) is 7.05 Å². The minimum Gasteiger partial charge on any atom is -0.313 e. The molecule has 0 amide bonds. The van der Waals surface area contributed by atoms with Gasteiger partial charge in [-0.05, 0) is 11.8 Å². The molecule has 2 heterocycles. The molecule has 0 spiro atoms. The van der Waals surface area contributed by atoms with Crippen molar-refractivity contribution < 1.29 is 4.39 Å². The average Bonchev–Trinajstić information content (AvgIpc) is 2.59. The van der Waals surface area contributed by atoms with Gasteiger partial charge in [0.25, 0.3) is 0 Å². The zero-order chi connectivity index (χ0) is 8.60. The molecule has 0 aromatic carbocycles. The first kappa shape index (κ1) is 7.60. The van der Waals surface area contributed by atoms with Gasteiger partial charge in [-0.1, -0.05) is 0 Å². The monoisotopic (exact) mass is 171 g/mol. The molecule has 1 N–H and O–H groups in total. The highest BCUT2D eigenvalue weighted by atomic mass is 19.1. The lowest BCUT2D eigenvalue weighted by molar-refractivity contribution is 0.179. The van der Waals surface area contributed by atoms with Crippen molar-refractivity contribution in [3.63, 3.8) is 0 Å². The molecular formula is C6H10FN5. The van der Waals surface area contributed by atoms with E-state index in [1.807, 2.05) is 0 Å². The number of nitrogens with one attached hydrogen (secondary N) is 1. The van der Waals surface area contributed by atoms with Crippen LogP contribution in [0.15, 0.2) is 0 Å². The van der Waals surface area contributed by atoms with Gasteiger partial charge < -0.3 is 5.32 Å². The van der Waals surface area contributed by atoms with Crippen LogP contribution in [-0.4, -0.2) is 33.3 Å². The standard InChI is InChI=1S/C6H10FN5/c1-12-10-5(9-11-12)6(7)2-3-8-4-6/h8H,2-4H2,1H3. The summed E-state index contributed by atoms with van der Waals surface area (Å²) < 4.78 is 13.8. The van der Waals surface area contributed by atoms with E-state index >= 15 is 0 Å². The molecule has 1 fully saturated rings. The molecule has 12 heavy (non-hydrogen) atoms. The summed E-state index contributed by atoms with van der Waals surface area (Å²) in [4.78, 5) is 1.27. The normalized spacial score (nSPS) is 29.5. The zero-order valence-corrected chi connectivity index (χ0v) is 6.79. The summed E-state index contributed by atoms with van der Waals surface area (Å²) in [5.41, 5.74) is -1.41. The second kappa shape index (κ2) is 2.48. The fourth-order valence-corrected chi connectivity index (χ4v) is 1.32. The van der Waals surface area contributed by atoms with Gasteiger partial charge in [-0.3, -0.25) is 0 Å². The molecule has 1 aromatic rings. The van der Waals surface area contributed by atoms with Gasteiger partial charge in [0.2, 0.25) is 5.82 Å². The number of tetrazole rings is 1. The largest absolute Gasteiger partial charge is 0.313 e. The minimum atomic E-state index is -1.41. The Morgan fingerprint density at radius 1 is 1.67 bits per heavy atom. The maximum Gasteiger partial charge on any atom is 0.213 e. The summed E-state index contributed by atoms with van der Waals surface area (Å²) in [6, 6.07) is 0. The maximum atomic E-state index is 13.8. The van der Waals surface area contributed by atoms with Crippen molar-refractivity contribution in [1.82, 2.24) is 25.5 Å². The Bertz CT molecular complexity index is 277. The molecule has 5 nitrogen and oxygen atoms in total. The van der Waals surface area contributed by atoms with E-state index in [9.17, 15) is 4.39 Å². The Morgan fingerprint density at radius 2 is 2.50 bits per heavy atom. The summed E-state index contributed by atoms with van der Waals surface area (Å²) in [6.07, 6.45) is 0.429. The fraction of sp³-hybridized carbons (Fsp3) is 0.833. The van der Waals surface area contributed by atoms with Gasteiger partial charge in [0.1, 0.15) is 0 Å². The second-order valence-corrected chi connectivity index (χ2v) is 2.99. The number of aromatic nitrogens is 4. The van der Waals surface area contributed by atoms with E-state index < -0.39 is 5.67 Å². The molecule has 2 rings (SSSR count). The van der Waals surface area contributed by atoms with Crippen LogP contribution < -0.4 is 5.32 Å². The Labute approximate surface area is 68.9 Å². The van der Waals surface area contributed by atoms with Gasteiger partial charge >= 0.3 is 0 Å². The lowest BCUT2D eigenvalue weighted by Gasteiger charge is -2.11.